The van der Waals surface area contributed by atoms with Gasteiger partial charge in [0.2, 0.25) is 12.7 Å². The number of aliphatic hydroxyl groups excluding tert-OH is 1. The van der Waals surface area contributed by atoms with Crippen LogP contribution in [0.1, 0.15) is 41.3 Å². The van der Waals surface area contributed by atoms with Gasteiger partial charge in [-0.05, 0) is 48.6 Å². The average molecular weight is 498 g/mol. The third-order valence-electron chi connectivity index (χ3n) is 6.88. The Hall–Kier alpha value is -2.65. The number of nitrogens with zero attached hydrogens (tertiary/aromatic N) is 2. The number of β-amino-alcohol motifs (C(OH)–C–C–N with tert-alkyl or cyclic N) is 1. The van der Waals surface area contributed by atoms with Gasteiger partial charge in [-0.15, -0.1) is 0 Å². The van der Waals surface area contributed by atoms with Crippen LogP contribution in [0, 0.1) is 0 Å². The highest BCUT2D eigenvalue weighted by Gasteiger charge is 2.52. The van der Waals surface area contributed by atoms with Gasteiger partial charge in [0.1, 0.15) is 0 Å². The van der Waals surface area contributed by atoms with E-state index in [1.54, 1.807) is 6.20 Å². The summed E-state index contributed by atoms with van der Waals surface area (Å²) in [5.74, 6) is 1.34. The molecule has 2 aromatic carbocycles. The summed E-state index contributed by atoms with van der Waals surface area (Å²) >= 11 is 8.01. The number of thiazole rings is 1. The van der Waals surface area contributed by atoms with Crippen LogP contribution >= 0.6 is 22.9 Å². The Morgan fingerprint density at radius 3 is 2.82 bits per heavy atom. The molecule has 2 N–H and O–H groups in total. The van der Waals surface area contributed by atoms with E-state index in [0.717, 1.165) is 41.8 Å². The number of likely N-dealkylation sites (tertiary alicyclic amines) is 1. The number of aromatic nitrogens is 1. The van der Waals surface area contributed by atoms with E-state index in [1.807, 2.05) is 42.5 Å². The van der Waals surface area contributed by atoms with Gasteiger partial charge < -0.3 is 19.9 Å². The van der Waals surface area contributed by atoms with Crippen LogP contribution in [0.15, 0.2) is 48.7 Å². The molecule has 0 bridgehead atoms. The fraction of sp³-hybridized carbons (Fsp3) is 0.360. The minimum Gasteiger partial charge on any atom is -0.454 e. The molecular weight excluding hydrogens is 474 g/mol. The van der Waals surface area contributed by atoms with E-state index in [2.05, 4.69) is 15.2 Å². The molecule has 2 atom stereocenters. The Kier molecular flexibility index (Phi) is 5.49. The second kappa shape index (κ2) is 8.53. The van der Waals surface area contributed by atoms with E-state index in [-0.39, 0.29) is 24.8 Å². The molecule has 34 heavy (non-hydrogen) atoms. The van der Waals surface area contributed by atoms with Gasteiger partial charge in [0.05, 0.1) is 17.6 Å². The van der Waals surface area contributed by atoms with Crippen LogP contribution in [0.25, 0.3) is 0 Å². The first kappa shape index (κ1) is 21.9. The predicted octanol–water partition coefficient (Wildman–Crippen LogP) is 4.35. The third-order valence-corrected chi connectivity index (χ3v) is 8.19. The van der Waals surface area contributed by atoms with Gasteiger partial charge >= 0.3 is 0 Å². The quantitative estimate of drug-likeness (QED) is 0.526. The van der Waals surface area contributed by atoms with Crippen molar-refractivity contribution in [3.8, 4) is 11.5 Å². The summed E-state index contributed by atoms with van der Waals surface area (Å²) in [5, 5.41) is 14.4. The minimum absolute atomic E-state index is 0.0573. The predicted molar refractivity (Wildman–Crippen MR) is 130 cm³/mol. The summed E-state index contributed by atoms with van der Waals surface area (Å²) in [6.45, 7) is 1.55. The lowest BCUT2D eigenvalue weighted by Crippen LogP contribution is -2.28. The number of amides is 1. The number of fused-ring (bicyclic) bond motifs is 1. The second-order valence-electron chi connectivity index (χ2n) is 9.03. The maximum atomic E-state index is 13.3. The number of rotatable bonds is 6. The fourth-order valence-electron chi connectivity index (χ4n) is 4.88. The van der Waals surface area contributed by atoms with E-state index in [9.17, 15) is 9.90 Å². The Morgan fingerprint density at radius 2 is 2.06 bits per heavy atom. The largest absolute Gasteiger partial charge is 0.454 e. The smallest absolute Gasteiger partial charge is 0.236 e. The molecule has 0 radical (unpaired) electrons. The molecule has 1 aromatic heterocycles. The first-order valence-corrected chi connectivity index (χ1v) is 12.6. The van der Waals surface area contributed by atoms with Crippen molar-refractivity contribution in [2.24, 2.45) is 0 Å². The molecule has 0 spiro atoms. The summed E-state index contributed by atoms with van der Waals surface area (Å²) in [7, 11) is 0. The highest BCUT2D eigenvalue weighted by atomic mass is 35.5. The Balaban J connectivity index is 1.25. The first-order chi connectivity index (χ1) is 16.5. The van der Waals surface area contributed by atoms with Crippen molar-refractivity contribution in [1.82, 2.24) is 9.88 Å². The lowest BCUT2D eigenvalue weighted by Gasteiger charge is -2.27. The van der Waals surface area contributed by atoms with Crippen molar-refractivity contribution in [2.45, 2.75) is 36.8 Å². The zero-order chi connectivity index (χ0) is 23.3. The monoisotopic (exact) mass is 497 g/mol. The van der Waals surface area contributed by atoms with Crippen LogP contribution in [0.2, 0.25) is 5.02 Å². The fourth-order valence-corrected chi connectivity index (χ4v) is 6.09. The average Bonchev–Trinajstić information content (AvgIpc) is 3.13. The molecule has 2 fully saturated rings. The van der Waals surface area contributed by atoms with Gasteiger partial charge in [-0.3, -0.25) is 9.69 Å². The number of carbonyl (C=O) groups is 1. The van der Waals surface area contributed by atoms with Crippen molar-refractivity contribution in [1.29, 1.82) is 0 Å². The van der Waals surface area contributed by atoms with Crippen LogP contribution in [-0.4, -0.2) is 46.9 Å². The van der Waals surface area contributed by atoms with Crippen LogP contribution in [0.5, 0.6) is 11.5 Å². The summed E-state index contributed by atoms with van der Waals surface area (Å²) in [4.78, 5) is 21.0. The van der Waals surface area contributed by atoms with Gasteiger partial charge in [0, 0.05) is 29.2 Å². The normalized spacial score (nSPS) is 21.4. The minimum atomic E-state index is -0.561. The zero-order valence-corrected chi connectivity index (χ0v) is 19.9. The molecule has 1 saturated carbocycles. The number of hydrogen-bond acceptors (Lipinski definition) is 7. The van der Waals surface area contributed by atoms with Crippen molar-refractivity contribution in [3.63, 3.8) is 0 Å². The molecule has 2 aliphatic heterocycles. The number of hydrogen-bond donors (Lipinski definition) is 2. The Morgan fingerprint density at radius 1 is 1.24 bits per heavy atom. The molecule has 1 aliphatic carbocycles. The van der Waals surface area contributed by atoms with Crippen molar-refractivity contribution in [2.75, 3.05) is 25.2 Å². The van der Waals surface area contributed by atoms with Gasteiger partial charge in [-0.2, -0.15) is 0 Å². The molecule has 7 nitrogen and oxygen atoms in total. The highest BCUT2D eigenvalue weighted by Crippen LogP contribution is 2.51. The van der Waals surface area contributed by atoms with Crippen LogP contribution < -0.4 is 14.8 Å². The van der Waals surface area contributed by atoms with Gasteiger partial charge in [0.25, 0.3) is 0 Å². The molecule has 1 amide bonds. The number of carbonyl (C=O) groups excluding carboxylic acids is 1. The maximum absolute atomic E-state index is 13.3. The Labute approximate surface area is 206 Å². The molecule has 176 valence electrons. The van der Waals surface area contributed by atoms with E-state index in [1.165, 1.54) is 11.3 Å². The molecule has 3 heterocycles. The number of halogens is 1. The zero-order valence-electron chi connectivity index (χ0n) is 18.4. The van der Waals surface area contributed by atoms with Crippen LogP contribution in [-0.2, 0) is 10.2 Å². The van der Waals surface area contributed by atoms with Crippen molar-refractivity contribution in [3.05, 3.63) is 69.7 Å². The lowest BCUT2D eigenvalue weighted by molar-refractivity contribution is -0.118. The molecule has 0 unspecified atom stereocenters. The van der Waals surface area contributed by atoms with E-state index < -0.39 is 5.41 Å². The summed E-state index contributed by atoms with van der Waals surface area (Å²) in [5.41, 5.74) is 1.35. The van der Waals surface area contributed by atoms with E-state index in [0.29, 0.717) is 28.2 Å². The van der Waals surface area contributed by atoms with E-state index in [4.69, 9.17) is 21.1 Å². The van der Waals surface area contributed by atoms with Gasteiger partial charge in [-0.25, -0.2) is 4.98 Å². The van der Waals surface area contributed by atoms with E-state index >= 15 is 0 Å². The number of nitrogens with one attached hydrogen (secondary N) is 1. The lowest BCUT2D eigenvalue weighted by atomic mass is 9.94. The third kappa shape index (κ3) is 3.84. The summed E-state index contributed by atoms with van der Waals surface area (Å²) in [6.07, 6.45) is 3.74. The van der Waals surface area contributed by atoms with Crippen molar-refractivity contribution < 1.29 is 19.4 Å². The molecule has 3 aromatic rings. The molecule has 1 saturated heterocycles. The maximum Gasteiger partial charge on any atom is 0.236 e. The Bertz CT molecular complexity index is 1240. The van der Waals surface area contributed by atoms with Crippen LogP contribution in [0.4, 0.5) is 5.13 Å². The summed E-state index contributed by atoms with van der Waals surface area (Å²) < 4.78 is 10.9. The number of anilines is 1. The molecular formula is C25H24ClN3O4S. The van der Waals surface area contributed by atoms with Gasteiger partial charge in [0.15, 0.2) is 16.6 Å². The topological polar surface area (TPSA) is 83.9 Å². The first-order valence-electron chi connectivity index (χ1n) is 11.4. The molecule has 9 heteroatoms. The van der Waals surface area contributed by atoms with Gasteiger partial charge in [-0.1, -0.05) is 47.2 Å². The summed E-state index contributed by atoms with van der Waals surface area (Å²) in [6, 6.07) is 13.4. The highest BCUT2D eigenvalue weighted by molar-refractivity contribution is 7.15. The standard InChI is InChI=1S/C25H24ClN3O4S/c26-18-4-2-1-3-17(18)22(29-10-7-16(30)13-29)21-12-27-24(34-21)28-23(31)25(8-9-25)15-5-6-19-20(11-15)33-14-32-19/h1-6,11-12,16,22,30H,7-10,13-14H2,(H,27,28,31)/t16-,22-/m1/s1. The molecule has 6 rings (SSSR count). The van der Waals surface area contributed by atoms with Crippen LogP contribution in [0.3, 0.4) is 0 Å². The number of benzene rings is 2. The number of ether oxygens (including phenoxy) is 2. The molecule has 3 aliphatic rings. The number of aliphatic hydroxyl groups is 1. The van der Waals surface area contributed by atoms with Crippen molar-refractivity contribution >= 4 is 34.0 Å². The SMILES string of the molecule is O=C(Nc1ncc([C@@H](c2ccccc2Cl)N2CC[C@@H](O)C2)s1)C1(c2ccc3c(c2)OCO3)CC1. The second-order valence-corrected chi connectivity index (χ2v) is 10.5.